The zero-order chi connectivity index (χ0) is 25.7. The molecule has 194 valence electrons. The molecule has 0 aromatic rings. The maximum absolute atomic E-state index is 12.2. The zero-order valence-electron chi connectivity index (χ0n) is 21.5. The molecule has 2 heterocycles. The molecular formula is C24H40N2O6S2. The van der Waals surface area contributed by atoms with E-state index in [1.165, 1.54) is 18.2 Å². The van der Waals surface area contributed by atoms with Gasteiger partial charge in [-0.2, -0.15) is 0 Å². The summed E-state index contributed by atoms with van der Waals surface area (Å²) in [4.78, 5) is 23.1. The van der Waals surface area contributed by atoms with Crippen molar-refractivity contribution in [2.75, 3.05) is 18.1 Å². The van der Waals surface area contributed by atoms with E-state index in [2.05, 4.69) is 27.7 Å². The molecule has 0 radical (unpaired) electrons. The largest absolute Gasteiger partial charge is 0.274 e. The fourth-order valence-corrected chi connectivity index (χ4v) is 12.9. The van der Waals surface area contributed by atoms with Crippen LogP contribution in [0.15, 0.2) is 0 Å². The first-order valence-electron chi connectivity index (χ1n) is 12.4. The third kappa shape index (κ3) is 3.33. The van der Waals surface area contributed by atoms with Crippen molar-refractivity contribution >= 4 is 31.9 Å². The van der Waals surface area contributed by atoms with Gasteiger partial charge in [-0.1, -0.05) is 34.6 Å². The highest BCUT2D eigenvalue weighted by Gasteiger charge is 2.72. The summed E-state index contributed by atoms with van der Waals surface area (Å²) < 4.78 is 51.1. The Kier molecular flexibility index (Phi) is 5.66. The smallest absolute Gasteiger partial charge is 0.238 e. The molecule has 4 bridgehead atoms. The number of hydrogen-bond donors (Lipinski definition) is 0. The first-order chi connectivity index (χ1) is 15.3. The summed E-state index contributed by atoms with van der Waals surface area (Å²) in [6.07, 6.45) is 4.90. The van der Waals surface area contributed by atoms with Crippen LogP contribution in [-0.4, -0.2) is 61.4 Å². The molecule has 34 heavy (non-hydrogen) atoms. The molecule has 5 atom stereocenters. The second kappa shape index (κ2) is 7.43. The quantitative estimate of drug-likeness (QED) is 0.490. The maximum atomic E-state index is 12.2. The molecule has 5 rings (SSSR count). The Hall–Kier alpha value is -1.16. The fraction of sp³-hybridized carbons (Fsp3) is 0.917. The van der Waals surface area contributed by atoms with Gasteiger partial charge in [0.1, 0.15) is 0 Å². The third-order valence-corrected chi connectivity index (χ3v) is 15.0. The Labute approximate surface area is 204 Å². The van der Waals surface area contributed by atoms with Crippen LogP contribution in [0.25, 0.3) is 0 Å². The van der Waals surface area contributed by atoms with E-state index in [1.807, 2.05) is 6.92 Å². The molecule has 2 amide bonds. The van der Waals surface area contributed by atoms with E-state index < -0.39 is 20.0 Å². The van der Waals surface area contributed by atoms with E-state index in [1.54, 1.807) is 0 Å². The Morgan fingerprint density at radius 3 is 1.88 bits per heavy atom. The van der Waals surface area contributed by atoms with Crippen LogP contribution in [0.5, 0.6) is 0 Å². The van der Waals surface area contributed by atoms with Gasteiger partial charge in [0.05, 0.1) is 17.5 Å². The number of amides is 2. The number of nitrogens with zero attached hydrogens (tertiary/aromatic N) is 2. The lowest BCUT2D eigenvalue weighted by Crippen LogP contribution is -2.43. The van der Waals surface area contributed by atoms with Crippen molar-refractivity contribution in [3.8, 4) is 0 Å². The van der Waals surface area contributed by atoms with Gasteiger partial charge in [0.2, 0.25) is 31.9 Å². The van der Waals surface area contributed by atoms with Crippen molar-refractivity contribution in [3.05, 3.63) is 0 Å². The molecule has 5 unspecified atom stereocenters. The summed E-state index contributed by atoms with van der Waals surface area (Å²) in [5.41, 5.74) is -0.359. The van der Waals surface area contributed by atoms with Gasteiger partial charge in [0.15, 0.2) is 0 Å². The van der Waals surface area contributed by atoms with Gasteiger partial charge in [-0.15, -0.1) is 0 Å². The fourth-order valence-electron chi connectivity index (χ4n) is 8.07. The molecule has 10 heteroatoms. The maximum Gasteiger partial charge on any atom is 0.238 e. The molecule has 5 aliphatic rings. The first-order valence-corrected chi connectivity index (χ1v) is 15.6. The van der Waals surface area contributed by atoms with Crippen LogP contribution in [0.4, 0.5) is 0 Å². The van der Waals surface area contributed by atoms with Crippen molar-refractivity contribution < 1.29 is 26.4 Å². The van der Waals surface area contributed by atoms with Crippen LogP contribution in [0, 0.1) is 33.5 Å². The molecule has 2 aliphatic heterocycles. The monoisotopic (exact) mass is 516 g/mol. The van der Waals surface area contributed by atoms with Gasteiger partial charge < -0.3 is 0 Å². The molecular weight excluding hydrogens is 476 g/mol. The summed E-state index contributed by atoms with van der Waals surface area (Å²) in [6.45, 7) is 13.8. The summed E-state index contributed by atoms with van der Waals surface area (Å²) >= 11 is 0. The molecule has 0 N–H and O–H groups in total. The molecule has 8 nitrogen and oxygen atoms in total. The van der Waals surface area contributed by atoms with E-state index in [-0.39, 0.29) is 56.9 Å². The predicted octanol–water partition coefficient (Wildman–Crippen LogP) is 2.99. The highest BCUT2D eigenvalue weighted by molar-refractivity contribution is 7.90. The average molecular weight is 517 g/mol. The van der Waals surface area contributed by atoms with E-state index in [9.17, 15) is 26.4 Å². The number of carbonyl (C=O) groups is 2. The van der Waals surface area contributed by atoms with Gasteiger partial charge in [0.25, 0.3) is 0 Å². The van der Waals surface area contributed by atoms with Crippen molar-refractivity contribution in [1.82, 2.24) is 8.61 Å². The van der Waals surface area contributed by atoms with E-state index in [4.69, 9.17) is 0 Å². The Balaban J connectivity index is 0.000000161. The van der Waals surface area contributed by atoms with Crippen LogP contribution in [-0.2, 0) is 29.6 Å². The molecule has 3 aliphatic carbocycles. The molecule has 5 fully saturated rings. The number of fused-ring (bicyclic) bond motifs is 3. The zero-order valence-corrected chi connectivity index (χ0v) is 23.2. The second-order valence-corrected chi connectivity index (χ2v) is 16.5. The highest BCUT2D eigenvalue weighted by atomic mass is 32.2. The molecule has 0 aromatic carbocycles. The molecule has 3 saturated carbocycles. The predicted molar refractivity (Wildman–Crippen MR) is 129 cm³/mol. The summed E-state index contributed by atoms with van der Waals surface area (Å²) in [6, 6.07) is -0.0706. The number of sulfonamides is 2. The molecule has 0 aromatic heterocycles. The third-order valence-electron chi connectivity index (χ3n) is 10.9. The first kappa shape index (κ1) is 25.9. The van der Waals surface area contributed by atoms with E-state index in [0.717, 1.165) is 36.4 Å². The van der Waals surface area contributed by atoms with Crippen molar-refractivity contribution in [2.24, 2.45) is 33.5 Å². The topological polar surface area (TPSA) is 109 Å². The van der Waals surface area contributed by atoms with Crippen LogP contribution in [0.2, 0.25) is 0 Å². The van der Waals surface area contributed by atoms with Gasteiger partial charge in [-0.25, -0.2) is 25.4 Å². The SMILES string of the molecule is CC(=O)N1C2CC3CCC2(CS1(=O)=O)C3(C)C.CC(=O)N1CC2CCC(C)(CS1(=O)=O)C2(C)C. The number of rotatable bonds is 0. The lowest BCUT2D eigenvalue weighted by molar-refractivity contribution is -0.127. The molecule has 1 spiro atoms. The minimum Gasteiger partial charge on any atom is -0.274 e. The van der Waals surface area contributed by atoms with Crippen LogP contribution >= 0.6 is 0 Å². The molecule has 2 saturated heterocycles. The minimum absolute atomic E-state index is 0.0235. The van der Waals surface area contributed by atoms with Crippen molar-refractivity contribution in [2.45, 2.75) is 86.6 Å². The number of carbonyl (C=O) groups excluding carboxylic acids is 2. The lowest BCUT2D eigenvalue weighted by atomic mass is 9.67. The Bertz CT molecular complexity index is 1130. The standard InChI is InChI=1S/C12H19NO3S.C12H21NO3S/c1-8(14)13-10-6-9-4-5-12(10,11(9,2)3)7-17(13,15)16;1-9(14)13-7-10-5-6-12(4,11(10,2)3)8-17(13,15)16/h9-10H,4-7H2,1-3H3;10H,5-8H2,1-4H3. The minimum atomic E-state index is -3.44. The van der Waals surface area contributed by atoms with Gasteiger partial charge >= 0.3 is 0 Å². The van der Waals surface area contributed by atoms with Gasteiger partial charge in [-0.05, 0) is 60.2 Å². The summed E-state index contributed by atoms with van der Waals surface area (Å²) in [5, 5.41) is 0. The van der Waals surface area contributed by atoms with Crippen molar-refractivity contribution in [1.29, 1.82) is 0 Å². The average Bonchev–Trinajstić information content (AvgIpc) is 3.19. The van der Waals surface area contributed by atoms with E-state index in [0.29, 0.717) is 12.5 Å². The summed E-state index contributed by atoms with van der Waals surface area (Å²) in [5.74, 6) is 0.474. The lowest BCUT2D eigenvalue weighted by Gasteiger charge is -2.38. The Morgan fingerprint density at radius 1 is 0.765 bits per heavy atom. The second-order valence-electron chi connectivity index (χ2n) is 12.8. The van der Waals surface area contributed by atoms with Gasteiger partial charge in [-0.3, -0.25) is 9.59 Å². The normalized spacial score (nSPS) is 41.9. The summed E-state index contributed by atoms with van der Waals surface area (Å²) in [7, 11) is -6.81. The highest BCUT2D eigenvalue weighted by Crippen LogP contribution is 2.70. The Morgan fingerprint density at radius 2 is 1.35 bits per heavy atom. The van der Waals surface area contributed by atoms with Crippen LogP contribution in [0.3, 0.4) is 0 Å². The van der Waals surface area contributed by atoms with Crippen molar-refractivity contribution in [3.63, 3.8) is 0 Å². The van der Waals surface area contributed by atoms with Gasteiger partial charge in [0, 0.05) is 25.8 Å². The van der Waals surface area contributed by atoms with E-state index >= 15 is 0 Å². The van der Waals surface area contributed by atoms with Crippen LogP contribution < -0.4 is 0 Å². The number of hydrogen-bond acceptors (Lipinski definition) is 6. The van der Waals surface area contributed by atoms with Crippen LogP contribution in [0.1, 0.15) is 80.6 Å².